The van der Waals surface area contributed by atoms with E-state index in [2.05, 4.69) is 5.32 Å². The molecule has 0 aromatic heterocycles. The summed E-state index contributed by atoms with van der Waals surface area (Å²) in [6.07, 6.45) is -0.687. The molecule has 2 rings (SSSR count). The van der Waals surface area contributed by atoms with E-state index in [1.165, 1.54) is 5.56 Å². The predicted molar refractivity (Wildman–Crippen MR) is 95.0 cm³/mol. The molecule has 0 unspecified atom stereocenters. The summed E-state index contributed by atoms with van der Waals surface area (Å²) in [5.74, 6) is -0.751. The number of carbonyl (C=O) groups excluding carboxylic acids is 2. The third-order valence-electron chi connectivity index (χ3n) is 3.88. The van der Waals surface area contributed by atoms with Crippen LogP contribution in [0.25, 0.3) is 0 Å². The van der Waals surface area contributed by atoms with Gasteiger partial charge in [-0.05, 0) is 62.1 Å². The van der Waals surface area contributed by atoms with Crippen molar-refractivity contribution in [1.29, 1.82) is 0 Å². The van der Waals surface area contributed by atoms with Crippen LogP contribution in [0.15, 0.2) is 42.5 Å². The lowest BCUT2D eigenvalue weighted by molar-refractivity contribution is -0.152. The smallest absolute Gasteiger partial charge is 0.311 e. The third-order valence-corrected chi connectivity index (χ3v) is 3.88. The van der Waals surface area contributed by atoms with Gasteiger partial charge in [0.15, 0.2) is 6.10 Å². The zero-order valence-corrected chi connectivity index (χ0v) is 14.6. The molecule has 4 heteroatoms. The molecular formula is C20H23NO3. The van der Waals surface area contributed by atoms with Gasteiger partial charge in [-0.2, -0.15) is 0 Å². The molecule has 0 aliphatic heterocycles. The Morgan fingerprint density at radius 2 is 1.79 bits per heavy atom. The maximum atomic E-state index is 12.1. The van der Waals surface area contributed by atoms with Gasteiger partial charge in [-0.15, -0.1) is 0 Å². The minimum atomic E-state index is -0.843. The molecule has 1 atom stereocenters. The summed E-state index contributed by atoms with van der Waals surface area (Å²) < 4.78 is 5.24. The van der Waals surface area contributed by atoms with Crippen LogP contribution in [0.2, 0.25) is 0 Å². The Balaban J connectivity index is 1.90. The lowest BCUT2D eigenvalue weighted by atomic mass is 10.0. The van der Waals surface area contributed by atoms with Crippen molar-refractivity contribution in [3.05, 3.63) is 64.7 Å². The maximum Gasteiger partial charge on any atom is 0.311 e. The molecule has 0 fully saturated rings. The van der Waals surface area contributed by atoms with Gasteiger partial charge in [-0.25, -0.2) is 0 Å². The molecule has 2 aromatic rings. The van der Waals surface area contributed by atoms with Gasteiger partial charge in [0.2, 0.25) is 0 Å². The average molecular weight is 325 g/mol. The van der Waals surface area contributed by atoms with Crippen LogP contribution in [-0.4, -0.2) is 18.0 Å². The second kappa shape index (κ2) is 7.77. The minimum Gasteiger partial charge on any atom is -0.452 e. The van der Waals surface area contributed by atoms with Gasteiger partial charge in [0, 0.05) is 5.69 Å². The molecule has 0 saturated carbocycles. The number of hydrogen-bond acceptors (Lipinski definition) is 3. The molecule has 0 radical (unpaired) electrons. The molecule has 4 nitrogen and oxygen atoms in total. The van der Waals surface area contributed by atoms with E-state index in [0.717, 1.165) is 16.7 Å². The number of rotatable bonds is 5. The highest BCUT2D eigenvalue weighted by Gasteiger charge is 2.18. The monoisotopic (exact) mass is 325 g/mol. The largest absolute Gasteiger partial charge is 0.452 e. The normalized spacial score (nSPS) is 11.7. The van der Waals surface area contributed by atoms with E-state index in [-0.39, 0.29) is 12.3 Å². The third kappa shape index (κ3) is 4.95. The number of carbonyl (C=O) groups is 2. The van der Waals surface area contributed by atoms with Gasteiger partial charge in [-0.1, -0.05) is 30.3 Å². The molecule has 0 saturated heterocycles. The molecule has 2 aromatic carbocycles. The molecule has 126 valence electrons. The molecule has 0 aliphatic carbocycles. The number of nitrogens with one attached hydrogen (secondary N) is 1. The topological polar surface area (TPSA) is 55.4 Å². The Kier molecular flexibility index (Phi) is 5.74. The Morgan fingerprint density at radius 1 is 1.04 bits per heavy atom. The fraction of sp³-hybridized carbons (Fsp3) is 0.300. The van der Waals surface area contributed by atoms with Crippen LogP contribution in [0.3, 0.4) is 0 Å². The van der Waals surface area contributed by atoms with Gasteiger partial charge in [-0.3, -0.25) is 9.59 Å². The molecule has 1 N–H and O–H groups in total. The van der Waals surface area contributed by atoms with Crippen LogP contribution in [0.4, 0.5) is 5.69 Å². The van der Waals surface area contributed by atoms with Gasteiger partial charge in [0.25, 0.3) is 5.91 Å². The summed E-state index contributed by atoms with van der Waals surface area (Å²) in [7, 11) is 0. The average Bonchev–Trinajstić information content (AvgIpc) is 2.50. The quantitative estimate of drug-likeness (QED) is 0.852. The van der Waals surface area contributed by atoms with Gasteiger partial charge in [0.05, 0.1) is 6.42 Å². The maximum absolute atomic E-state index is 12.1. The van der Waals surface area contributed by atoms with Gasteiger partial charge >= 0.3 is 5.97 Å². The van der Waals surface area contributed by atoms with Crippen LogP contribution in [-0.2, 0) is 20.7 Å². The van der Waals surface area contributed by atoms with E-state index in [9.17, 15) is 9.59 Å². The van der Waals surface area contributed by atoms with E-state index in [4.69, 9.17) is 4.74 Å². The van der Waals surface area contributed by atoms with Crippen molar-refractivity contribution >= 4 is 17.6 Å². The van der Waals surface area contributed by atoms with E-state index in [1.54, 1.807) is 13.0 Å². The fourth-order valence-corrected chi connectivity index (χ4v) is 2.34. The SMILES string of the molecule is Cc1cccc(NC(=O)[C@@H](C)OC(=O)Cc2ccc(C)c(C)c2)c1. The summed E-state index contributed by atoms with van der Waals surface area (Å²) in [4.78, 5) is 24.1. The van der Waals surface area contributed by atoms with Crippen molar-refractivity contribution in [2.75, 3.05) is 5.32 Å². The number of hydrogen-bond donors (Lipinski definition) is 1. The standard InChI is InChI=1S/C20H23NO3/c1-13-6-5-7-18(10-13)21-20(23)16(4)24-19(22)12-17-9-8-14(2)15(3)11-17/h5-11,16H,12H2,1-4H3,(H,21,23)/t16-/m1/s1. The molecule has 1 amide bonds. The lowest BCUT2D eigenvalue weighted by Gasteiger charge is -2.14. The second-order valence-corrected chi connectivity index (χ2v) is 6.09. The highest BCUT2D eigenvalue weighted by atomic mass is 16.5. The van der Waals surface area contributed by atoms with Crippen molar-refractivity contribution in [3.63, 3.8) is 0 Å². The minimum absolute atomic E-state index is 0.156. The number of benzene rings is 2. The number of esters is 1. The van der Waals surface area contributed by atoms with E-state index < -0.39 is 12.1 Å². The van der Waals surface area contributed by atoms with Crippen molar-refractivity contribution in [2.24, 2.45) is 0 Å². The Hall–Kier alpha value is -2.62. The van der Waals surface area contributed by atoms with E-state index in [0.29, 0.717) is 5.69 Å². The highest BCUT2D eigenvalue weighted by Crippen LogP contribution is 2.13. The molecule has 0 aliphatic rings. The van der Waals surface area contributed by atoms with E-state index in [1.807, 2.05) is 57.2 Å². The molecule has 0 heterocycles. The summed E-state index contributed by atoms with van der Waals surface area (Å²) in [6, 6.07) is 13.3. The Bertz CT molecular complexity index is 752. The van der Waals surface area contributed by atoms with Crippen LogP contribution in [0.5, 0.6) is 0 Å². The van der Waals surface area contributed by atoms with Crippen molar-refractivity contribution in [2.45, 2.75) is 40.2 Å². The van der Waals surface area contributed by atoms with Crippen molar-refractivity contribution in [3.8, 4) is 0 Å². The zero-order chi connectivity index (χ0) is 17.7. The molecular weight excluding hydrogens is 302 g/mol. The summed E-state index contributed by atoms with van der Waals surface area (Å²) in [5, 5.41) is 2.75. The summed E-state index contributed by atoms with van der Waals surface area (Å²) in [5.41, 5.74) is 4.93. The number of amides is 1. The summed E-state index contributed by atoms with van der Waals surface area (Å²) in [6.45, 7) is 7.54. The Labute approximate surface area is 142 Å². The van der Waals surface area contributed by atoms with Crippen LogP contribution in [0.1, 0.15) is 29.2 Å². The number of anilines is 1. The first kappa shape index (κ1) is 17.7. The van der Waals surface area contributed by atoms with Crippen molar-refractivity contribution < 1.29 is 14.3 Å². The lowest BCUT2D eigenvalue weighted by Crippen LogP contribution is -2.30. The van der Waals surface area contributed by atoms with Crippen LogP contribution in [0, 0.1) is 20.8 Å². The highest BCUT2D eigenvalue weighted by molar-refractivity contribution is 5.95. The molecule has 24 heavy (non-hydrogen) atoms. The van der Waals surface area contributed by atoms with Crippen molar-refractivity contribution in [1.82, 2.24) is 0 Å². The zero-order valence-electron chi connectivity index (χ0n) is 14.6. The first-order valence-electron chi connectivity index (χ1n) is 7.98. The first-order valence-corrected chi connectivity index (χ1v) is 7.98. The van der Waals surface area contributed by atoms with Crippen LogP contribution < -0.4 is 5.32 Å². The predicted octanol–water partition coefficient (Wildman–Crippen LogP) is 3.72. The first-order chi connectivity index (χ1) is 11.3. The molecule has 0 bridgehead atoms. The Morgan fingerprint density at radius 3 is 2.46 bits per heavy atom. The van der Waals surface area contributed by atoms with Gasteiger partial charge < -0.3 is 10.1 Å². The second-order valence-electron chi connectivity index (χ2n) is 6.09. The summed E-state index contributed by atoms with van der Waals surface area (Å²) >= 11 is 0. The van der Waals surface area contributed by atoms with E-state index >= 15 is 0 Å². The van der Waals surface area contributed by atoms with Crippen LogP contribution >= 0.6 is 0 Å². The number of ether oxygens (including phenoxy) is 1. The molecule has 0 spiro atoms. The van der Waals surface area contributed by atoms with Gasteiger partial charge in [0.1, 0.15) is 0 Å². The number of aryl methyl sites for hydroxylation is 3. The fourth-order valence-electron chi connectivity index (χ4n) is 2.34.